The van der Waals surface area contributed by atoms with E-state index in [1.807, 2.05) is 31.2 Å². The number of aliphatic hydroxyl groups is 1. The maximum Gasteiger partial charge on any atom is 0.133 e. The fourth-order valence-corrected chi connectivity index (χ4v) is 2.84. The molecule has 3 heteroatoms. The van der Waals surface area contributed by atoms with E-state index in [4.69, 9.17) is 0 Å². The summed E-state index contributed by atoms with van der Waals surface area (Å²) in [5, 5.41) is 10.8. The molecule has 0 bridgehead atoms. The first kappa shape index (κ1) is 12.2. The molecule has 0 saturated carbocycles. The lowest BCUT2D eigenvalue weighted by Gasteiger charge is -2.05. The van der Waals surface area contributed by atoms with E-state index < -0.39 is 0 Å². The number of benzene rings is 2. The summed E-state index contributed by atoms with van der Waals surface area (Å²) in [4.78, 5) is 0. The lowest BCUT2D eigenvalue weighted by atomic mass is 10.1. The molecule has 0 fully saturated rings. The Morgan fingerprint density at radius 3 is 2.68 bits per heavy atom. The summed E-state index contributed by atoms with van der Waals surface area (Å²) in [7, 11) is 0. The average Bonchev–Trinajstić information content (AvgIpc) is 2.77. The van der Waals surface area contributed by atoms with Gasteiger partial charge in [-0.05, 0) is 43.2 Å². The van der Waals surface area contributed by atoms with E-state index in [2.05, 4.69) is 11.5 Å². The molecule has 0 spiro atoms. The Labute approximate surface area is 111 Å². The Hall–Kier alpha value is -1.87. The van der Waals surface area contributed by atoms with Crippen LogP contribution in [0.5, 0.6) is 0 Å². The SMILES string of the molecule is CCn1c2ccc(CO)cc2c2c(F)ccc(C)c21. The Bertz CT molecular complexity index is 773. The van der Waals surface area contributed by atoms with Gasteiger partial charge in [-0.3, -0.25) is 0 Å². The zero-order valence-electron chi connectivity index (χ0n) is 11.1. The van der Waals surface area contributed by atoms with Crippen LogP contribution in [0.2, 0.25) is 0 Å². The number of rotatable bonds is 2. The van der Waals surface area contributed by atoms with Gasteiger partial charge in [0.1, 0.15) is 5.82 Å². The molecule has 0 aliphatic heterocycles. The van der Waals surface area contributed by atoms with Crippen molar-refractivity contribution in [3.05, 3.63) is 47.3 Å². The topological polar surface area (TPSA) is 25.2 Å². The van der Waals surface area contributed by atoms with Crippen molar-refractivity contribution in [1.82, 2.24) is 4.57 Å². The minimum absolute atomic E-state index is 0.0256. The van der Waals surface area contributed by atoms with Crippen LogP contribution in [0.3, 0.4) is 0 Å². The van der Waals surface area contributed by atoms with Gasteiger partial charge in [0, 0.05) is 22.8 Å². The summed E-state index contributed by atoms with van der Waals surface area (Å²) in [6.07, 6.45) is 0. The average molecular weight is 257 g/mol. The highest BCUT2D eigenvalue weighted by Crippen LogP contribution is 2.33. The molecule has 1 heterocycles. The molecule has 3 rings (SSSR count). The molecular formula is C16H16FNO. The van der Waals surface area contributed by atoms with Gasteiger partial charge in [-0.1, -0.05) is 12.1 Å². The molecule has 1 N–H and O–H groups in total. The van der Waals surface area contributed by atoms with E-state index in [1.165, 1.54) is 6.07 Å². The predicted octanol–water partition coefficient (Wildman–Crippen LogP) is 3.75. The first-order valence-electron chi connectivity index (χ1n) is 6.48. The van der Waals surface area contributed by atoms with E-state index in [0.717, 1.165) is 34.1 Å². The van der Waals surface area contributed by atoms with Gasteiger partial charge in [0.25, 0.3) is 0 Å². The van der Waals surface area contributed by atoms with Crippen LogP contribution in [-0.2, 0) is 13.2 Å². The number of fused-ring (bicyclic) bond motifs is 3. The van der Waals surface area contributed by atoms with Crippen molar-refractivity contribution in [3.63, 3.8) is 0 Å². The summed E-state index contributed by atoms with van der Waals surface area (Å²) in [5.74, 6) is -0.201. The Balaban J connectivity index is 2.58. The van der Waals surface area contributed by atoms with Crippen molar-refractivity contribution in [2.75, 3.05) is 0 Å². The summed E-state index contributed by atoms with van der Waals surface area (Å²) in [6, 6.07) is 9.06. The Kier molecular flexibility index (Phi) is 2.79. The lowest BCUT2D eigenvalue weighted by molar-refractivity contribution is 0.282. The molecule has 0 aliphatic rings. The second-order valence-electron chi connectivity index (χ2n) is 4.84. The second kappa shape index (κ2) is 4.35. The van der Waals surface area contributed by atoms with Crippen molar-refractivity contribution in [3.8, 4) is 0 Å². The third-order valence-electron chi connectivity index (χ3n) is 3.72. The highest BCUT2D eigenvalue weighted by molar-refractivity contribution is 6.09. The van der Waals surface area contributed by atoms with Gasteiger partial charge in [-0.25, -0.2) is 4.39 Å². The van der Waals surface area contributed by atoms with Crippen LogP contribution >= 0.6 is 0 Å². The van der Waals surface area contributed by atoms with Gasteiger partial charge in [0.05, 0.1) is 12.1 Å². The Morgan fingerprint density at radius 1 is 1.21 bits per heavy atom. The van der Waals surface area contributed by atoms with Crippen LogP contribution in [0.15, 0.2) is 30.3 Å². The Morgan fingerprint density at radius 2 is 2.00 bits per heavy atom. The highest BCUT2D eigenvalue weighted by atomic mass is 19.1. The van der Waals surface area contributed by atoms with E-state index in [0.29, 0.717) is 5.39 Å². The van der Waals surface area contributed by atoms with E-state index in [9.17, 15) is 9.50 Å². The molecule has 0 unspecified atom stereocenters. The molecule has 3 aromatic rings. The normalized spacial score (nSPS) is 11.6. The summed E-state index contributed by atoms with van der Waals surface area (Å²) in [6.45, 7) is 4.83. The molecule has 2 aromatic carbocycles. The lowest BCUT2D eigenvalue weighted by Crippen LogP contribution is -1.95. The third kappa shape index (κ3) is 1.65. The fraction of sp³-hybridized carbons (Fsp3) is 0.250. The van der Waals surface area contributed by atoms with Crippen LogP contribution in [0.25, 0.3) is 21.8 Å². The van der Waals surface area contributed by atoms with Crippen LogP contribution < -0.4 is 0 Å². The number of aromatic nitrogens is 1. The smallest absolute Gasteiger partial charge is 0.133 e. The van der Waals surface area contributed by atoms with E-state index in [1.54, 1.807) is 0 Å². The second-order valence-corrected chi connectivity index (χ2v) is 4.84. The maximum atomic E-state index is 14.2. The summed E-state index contributed by atoms with van der Waals surface area (Å²) < 4.78 is 16.3. The van der Waals surface area contributed by atoms with Gasteiger partial charge in [0.2, 0.25) is 0 Å². The van der Waals surface area contributed by atoms with E-state index in [-0.39, 0.29) is 12.4 Å². The van der Waals surface area contributed by atoms with Gasteiger partial charge in [0.15, 0.2) is 0 Å². The summed E-state index contributed by atoms with van der Waals surface area (Å²) in [5.41, 5.74) is 3.85. The standard InChI is InChI=1S/C16H16FNO/c1-3-18-14-7-5-11(9-19)8-12(14)15-13(17)6-4-10(2)16(15)18/h4-8,19H,3,9H2,1-2H3. The minimum Gasteiger partial charge on any atom is -0.392 e. The summed E-state index contributed by atoms with van der Waals surface area (Å²) >= 11 is 0. The number of hydrogen-bond acceptors (Lipinski definition) is 1. The molecular weight excluding hydrogens is 241 g/mol. The molecule has 19 heavy (non-hydrogen) atoms. The number of halogens is 1. The largest absolute Gasteiger partial charge is 0.392 e. The molecule has 2 nitrogen and oxygen atoms in total. The number of nitrogens with zero attached hydrogens (tertiary/aromatic N) is 1. The molecule has 0 aliphatic carbocycles. The quantitative estimate of drug-likeness (QED) is 0.743. The number of aryl methyl sites for hydroxylation is 2. The highest BCUT2D eigenvalue weighted by Gasteiger charge is 2.15. The zero-order chi connectivity index (χ0) is 13.6. The molecule has 1 aromatic heterocycles. The number of aliphatic hydroxyl groups excluding tert-OH is 1. The van der Waals surface area contributed by atoms with Crippen molar-refractivity contribution in [2.24, 2.45) is 0 Å². The molecule has 0 atom stereocenters. The van der Waals surface area contributed by atoms with Crippen LogP contribution in [-0.4, -0.2) is 9.67 Å². The maximum absolute atomic E-state index is 14.2. The molecule has 0 amide bonds. The van der Waals surface area contributed by atoms with Crippen molar-refractivity contribution in [1.29, 1.82) is 0 Å². The van der Waals surface area contributed by atoms with E-state index >= 15 is 0 Å². The van der Waals surface area contributed by atoms with Crippen LogP contribution in [0.4, 0.5) is 4.39 Å². The van der Waals surface area contributed by atoms with Crippen molar-refractivity contribution < 1.29 is 9.50 Å². The van der Waals surface area contributed by atoms with Gasteiger partial charge >= 0.3 is 0 Å². The predicted molar refractivity (Wildman–Crippen MR) is 75.7 cm³/mol. The van der Waals surface area contributed by atoms with Crippen LogP contribution in [0.1, 0.15) is 18.1 Å². The molecule has 0 radical (unpaired) electrons. The van der Waals surface area contributed by atoms with Gasteiger partial charge in [-0.15, -0.1) is 0 Å². The van der Waals surface area contributed by atoms with Gasteiger partial charge < -0.3 is 9.67 Å². The fourth-order valence-electron chi connectivity index (χ4n) is 2.84. The first-order chi connectivity index (χ1) is 9.17. The van der Waals surface area contributed by atoms with Crippen molar-refractivity contribution in [2.45, 2.75) is 27.0 Å². The first-order valence-corrected chi connectivity index (χ1v) is 6.48. The zero-order valence-corrected chi connectivity index (χ0v) is 11.1. The minimum atomic E-state index is -0.201. The monoisotopic (exact) mass is 257 g/mol. The van der Waals surface area contributed by atoms with Crippen molar-refractivity contribution >= 4 is 21.8 Å². The molecule has 98 valence electrons. The molecule has 0 saturated heterocycles. The third-order valence-corrected chi connectivity index (χ3v) is 3.72. The number of hydrogen-bond donors (Lipinski definition) is 1. The van der Waals surface area contributed by atoms with Gasteiger partial charge in [-0.2, -0.15) is 0 Å². The van der Waals surface area contributed by atoms with Crippen LogP contribution in [0, 0.1) is 12.7 Å².